The van der Waals surface area contributed by atoms with E-state index >= 15 is 0 Å². The Morgan fingerprint density at radius 3 is 2.95 bits per heavy atom. The molecular weight excluding hydrogens is 289 g/mol. The lowest BCUT2D eigenvalue weighted by Gasteiger charge is -2.33. The van der Waals surface area contributed by atoms with Crippen LogP contribution in [0.25, 0.3) is 0 Å². The molecule has 22 heavy (non-hydrogen) atoms. The highest BCUT2D eigenvalue weighted by molar-refractivity contribution is 5.97. The molecule has 2 fully saturated rings. The molecule has 0 aromatic heterocycles. The van der Waals surface area contributed by atoms with Gasteiger partial charge in [0.05, 0.1) is 6.61 Å². The Kier molecular flexibility index (Phi) is 4.08. The number of amides is 2. The van der Waals surface area contributed by atoms with E-state index in [4.69, 9.17) is 5.11 Å². The predicted molar refractivity (Wildman–Crippen MR) is 76.2 cm³/mol. The van der Waals surface area contributed by atoms with Gasteiger partial charge in [0.2, 0.25) is 11.8 Å². The molecule has 0 radical (unpaired) electrons. The van der Waals surface area contributed by atoms with Crippen molar-refractivity contribution in [1.82, 2.24) is 15.5 Å². The van der Waals surface area contributed by atoms with Gasteiger partial charge in [-0.25, -0.2) is 4.39 Å². The van der Waals surface area contributed by atoms with Gasteiger partial charge in [-0.1, -0.05) is 12.1 Å². The number of benzene rings is 1. The minimum atomic E-state index is -0.842. The van der Waals surface area contributed by atoms with Crippen LogP contribution >= 0.6 is 0 Å². The van der Waals surface area contributed by atoms with Crippen molar-refractivity contribution in [2.45, 2.75) is 31.1 Å². The molecule has 2 heterocycles. The first-order valence-corrected chi connectivity index (χ1v) is 7.28. The number of hydrogen-bond acceptors (Lipinski definition) is 4. The number of nitrogens with zero attached hydrogens (tertiary/aromatic N) is 1. The molecular formula is C15H18FN3O3. The van der Waals surface area contributed by atoms with Crippen molar-refractivity contribution in [1.29, 1.82) is 0 Å². The Bertz CT molecular complexity index is 595. The van der Waals surface area contributed by atoms with Crippen LogP contribution in [-0.2, 0) is 16.1 Å². The van der Waals surface area contributed by atoms with Crippen LogP contribution < -0.4 is 10.6 Å². The molecule has 0 saturated carbocycles. The Balaban J connectivity index is 1.62. The van der Waals surface area contributed by atoms with Gasteiger partial charge in [-0.2, -0.15) is 0 Å². The molecule has 6 nitrogen and oxygen atoms in total. The molecule has 3 atom stereocenters. The van der Waals surface area contributed by atoms with E-state index in [0.717, 1.165) is 5.56 Å². The smallest absolute Gasteiger partial charge is 0.248 e. The lowest BCUT2D eigenvalue weighted by atomic mass is 10.1. The lowest BCUT2D eigenvalue weighted by molar-refractivity contribution is -0.148. The number of nitrogens with one attached hydrogen (secondary N) is 2. The van der Waals surface area contributed by atoms with E-state index in [2.05, 4.69) is 10.6 Å². The molecule has 1 aromatic carbocycles. The summed E-state index contributed by atoms with van der Waals surface area (Å²) in [5, 5.41) is 14.9. The Hall–Kier alpha value is -1.99. The fourth-order valence-corrected chi connectivity index (χ4v) is 3.04. The second-order valence-corrected chi connectivity index (χ2v) is 5.69. The quantitative estimate of drug-likeness (QED) is 0.692. The molecule has 2 aliphatic rings. The normalized spacial score (nSPS) is 27.7. The fraction of sp³-hybridized carbons (Fsp3) is 0.467. The number of fused-ring (bicyclic) bond motifs is 1. The highest BCUT2D eigenvalue weighted by Crippen LogP contribution is 2.23. The zero-order chi connectivity index (χ0) is 15.7. The number of halogens is 1. The van der Waals surface area contributed by atoms with Crippen LogP contribution in [0.5, 0.6) is 0 Å². The molecule has 1 aromatic rings. The summed E-state index contributed by atoms with van der Waals surface area (Å²) in [5.74, 6) is -0.764. The van der Waals surface area contributed by atoms with E-state index in [1.54, 1.807) is 6.07 Å². The average molecular weight is 307 g/mol. The molecule has 2 amide bonds. The van der Waals surface area contributed by atoms with Crippen molar-refractivity contribution in [3.8, 4) is 0 Å². The number of piperazine rings is 1. The van der Waals surface area contributed by atoms with Crippen LogP contribution in [0.3, 0.4) is 0 Å². The molecule has 7 heteroatoms. The molecule has 0 bridgehead atoms. The molecule has 2 aliphatic heterocycles. The molecule has 0 aliphatic carbocycles. The van der Waals surface area contributed by atoms with Crippen molar-refractivity contribution in [3.05, 3.63) is 35.6 Å². The van der Waals surface area contributed by atoms with Crippen molar-refractivity contribution >= 4 is 11.8 Å². The second kappa shape index (κ2) is 6.02. The largest absolute Gasteiger partial charge is 0.394 e. The van der Waals surface area contributed by atoms with E-state index in [-0.39, 0.29) is 23.7 Å². The summed E-state index contributed by atoms with van der Waals surface area (Å²) >= 11 is 0. The van der Waals surface area contributed by atoms with E-state index in [0.29, 0.717) is 19.5 Å². The maximum atomic E-state index is 13.1. The van der Waals surface area contributed by atoms with Crippen LogP contribution in [0.2, 0.25) is 0 Å². The predicted octanol–water partition coefficient (Wildman–Crippen LogP) is -0.624. The first kappa shape index (κ1) is 14.9. The zero-order valence-electron chi connectivity index (χ0n) is 12.0. The Morgan fingerprint density at radius 2 is 2.23 bits per heavy atom. The number of aliphatic hydroxyl groups excluding tert-OH is 1. The van der Waals surface area contributed by atoms with Gasteiger partial charge in [0, 0.05) is 19.1 Å². The number of aliphatic hydroxyl groups is 1. The Labute approximate surface area is 127 Å². The third-order valence-electron chi connectivity index (χ3n) is 4.17. The van der Waals surface area contributed by atoms with Crippen molar-refractivity contribution in [2.75, 3.05) is 13.2 Å². The monoisotopic (exact) mass is 307 g/mol. The van der Waals surface area contributed by atoms with E-state index in [9.17, 15) is 14.0 Å². The molecule has 0 spiro atoms. The highest BCUT2D eigenvalue weighted by Gasteiger charge is 2.45. The van der Waals surface area contributed by atoms with E-state index < -0.39 is 18.7 Å². The standard InChI is InChI=1S/C15H18FN3O3/c16-10-3-1-2-9(4-10)6-17-11-5-13-14(21)18-12(8-20)15(22)19(13)7-11/h1-4,11-13,17,20H,5-8H2,(H,18,21)/t11-,12-,13-/m0/s1. The van der Waals surface area contributed by atoms with Gasteiger partial charge >= 0.3 is 0 Å². The SMILES string of the molecule is O=C1N[C@@H](CO)C(=O)N2C[C@@H](NCc3cccc(F)c3)C[C@@H]12. The number of hydrogen-bond donors (Lipinski definition) is 3. The molecule has 3 N–H and O–H groups in total. The summed E-state index contributed by atoms with van der Waals surface area (Å²) < 4.78 is 13.1. The van der Waals surface area contributed by atoms with Gasteiger partial charge < -0.3 is 20.6 Å². The number of rotatable bonds is 4. The van der Waals surface area contributed by atoms with Crippen LogP contribution in [0.4, 0.5) is 4.39 Å². The molecule has 3 rings (SSSR count). The van der Waals surface area contributed by atoms with Gasteiger partial charge in [-0.3, -0.25) is 9.59 Å². The van der Waals surface area contributed by atoms with E-state index in [1.165, 1.54) is 17.0 Å². The van der Waals surface area contributed by atoms with Crippen LogP contribution in [0, 0.1) is 5.82 Å². The molecule has 2 saturated heterocycles. The van der Waals surface area contributed by atoms with Crippen molar-refractivity contribution < 1.29 is 19.1 Å². The van der Waals surface area contributed by atoms with E-state index in [1.807, 2.05) is 6.07 Å². The summed E-state index contributed by atoms with van der Waals surface area (Å²) in [6.07, 6.45) is 0.519. The number of carbonyl (C=O) groups is 2. The van der Waals surface area contributed by atoms with Crippen LogP contribution in [0.1, 0.15) is 12.0 Å². The van der Waals surface area contributed by atoms with Gasteiger partial charge in [0.25, 0.3) is 0 Å². The third kappa shape index (κ3) is 2.82. The highest BCUT2D eigenvalue weighted by atomic mass is 19.1. The maximum Gasteiger partial charge on any atom is 0.248 e. The minimum absolute atomic E-state index is 0.0274. The lowest BCUT2D eigenvalue weighted by Crippen LogP contribution is -2.62. The summed E-state index contributed by atoms with van der Waals surface area (Å²) in [4.78, 5) is 25.6. The van der Waals surface area contributed by atoms with Crippen LogP contribution in [-0.4, -0.2) is 53.1 Å². The number of carbonyl (C=O) groups excluding carboxylic acids is 2. The van der Waals surface area contributed by atoms with Crippen molar-refractivity contribution in [2.24, 2.45) is 0 Å². The maximum absolute atomic E-state index is 13.1. The van der Waals surface area contributed by atoms with Gasteiger partial charge in [0.15, 0.2) is 0 Å². The summed E-state index contributed by atoms with van der Waals surface area (Å²) in [7, 11) is 0. The second-order valence-electron chi connectivity index (χ2n) is 5.69. The Morgan fingerprint density at radius 1 is 1.41 bits per heavy atom. The van der Waals surface area contributed by atoms with Gasteiger partial charge in [-0.05, 0) is 24.1 Å². The topological polar surface area (TPSA) is 81.7 Å². The van der Waals surface area contributed by atoms with Crippen LogP contribution in [0.15, 0.2) is 24.3 Å². The summed E-state index contributed by atoms with van der Waals surface area (Å²) in [6.45, 7) is 0.500. The summed E-state index contributed by atoms with van der Waals surface area (Å²) in [6, 6.07) is 4.95. The molecule has 0 unspecified atom stereocenters. The first-order valence-electron chi connectivity index (χ1n) is 7.28. The third-order valence-corrected chi connectivity index (χ3v) is 4.17. The molecule has 118 valence electrons. The van der Waals surface area contributed by atoms with Gasteiger partial charge in [-0.15, -0.1) is 0 Å². The van der Waals surface area contributed by atoms with Gasteiger partial charge in [0.1, 0.15) is 17.9 Å². The minimum Gasteiger partial charge on any atom is -0.394 e. The zero-order valence-corrected chi connectivity index (χ0v) is 12.0. The fourth-order valence-electron chi connectivity index (χ4n) is 3.04. The summed E-state index contributed by atoms with van der Waals surface area (Å²) in [5.41, 5.74) is 0.814. The van der Waals surface area contributed by atoms with Crippen molar-refractivity contribution in [3.63, 3.8) is 0 Å². The average Bonchev–Trinajstić information content (AvgIpc) is 2.94. The first-order chi connectivity index (χ1) is 10.6.